The molecule has 0 unspecified atom stereocenters. The molecule has 98 valence electrons. The van der Waals surface area contributed by atoms with Gasteiger partial charge in [0.2, 0.25) is 0 Å². The first-order chi connectivity index (χ1) is 9.84. The van der Waals surface area contributed by atoms with Crippen LogP contribution in [0.15, 0.2) is 60.4 Å². The Hall–Kier alpha value is -2.53. The molecule has 0 aliphatic carbocycles. The lowest BCUT2D eigenvalue weighted by Crippen LogP contribution is -2.11. The number of hydrogen-bond acceptors (Lipinski definition) is 4. The molecule has 0 spiro atoms. The molecule has 3 rings (SSSR count). The Morgan fingerprint density at radius 2 is 1.95 bits per heavy atom. The monoisotopic (exact) mass is 281 g/mol. The maximum absolute atomic E-state index is 12.1. The third-order valence-electron chi connectivity index (χ3n) is 2.76. The van der Waals surface area contributed by atoms with E-state index >= 15 is 0 Å². The maximum Gasteiger partial charge on any atom is 0.267 e. The molecule has 2 heterocycles. The predicted molar refractivity (Wildman–Crippen MR) is 79.7 cm³/mol. The fraction of sp³-hybridized carbons (Fsp3) is 0. The molecule has 0 radical (unpaired) electrons. The van der Waals surface area contributed by atoms with Crippen molar-refractivity contribution in [1.29, 1.82) is 0 Å². The lowest BCUT2D eigenvalue weighted by Gasteiger charge is -2.09. The second-order valence-corrected chi connectivity index (χ2v) is 4.97. The van der Waals surface area contributed by atoms with Gasteiger partial charge in [0.15, 0.2) is 0 Å². The predicted octanol–water partition coefficient (Wildman–Crippen LogP) is 3.46. The van der Waals surface area contributed by atoms with E-state index in [2.05, 4.69) is 15.3 Å². The Morgan fingerprint density at radius 3 is 2.70 bits per heavy atom. The highest BCUT2D eigenvalue weighted by atomic mass is 32.1. The topological polar surface area (TPSA) is 54.9 Å². The molecule has 0 fully saturated rings. The average Bonchev–Trinajstić information content (AvgIpc) is 3.03. The Morgan fingerprint density at radius 1 is 1.10 bits per heavy atom. The maximum atomic E-state index is 12.1. The summed E-state index contributed by atoms with van der Waals surface area (Å²) in [4.78, 5) is 20.9. The summed E-state index contributed by atoms with van der Waals surface area (Å²) in [6.07, 6.45) is 3.27. The number of amides is 1. The normalized spacial score (nSPS) is 10.2. The van der Waals surface area contributed by atoms with Crippen molar-refractivity contribution in [2.24, 2.45) is 0 Å². The van der Waals surface area contributed by atoms with Crippen molar-refractivity contribution in [2.45, 2.75) is 0 Å². The third kappa shape index (κ3) is 2.57. The molecule has 0 bridgehead atoms. The van der Waals surface area contributed by atoms with E-state index in [-0.39, 0.29) is 5.91 Å². The summed E-state index contributed by atoms with van der Waals surface area (Å²) in [6.45, 7) is 0. The molecule has 1 N–H and O–H groups in total. The van der Waals surface area contributed by atoms with Crippen molar-refractivity contribution in [3.8, 4) is 11.3 Å². The number of anilines is 1. The Labute approximate surface area is 120 Å². The van der Waals surface area contributed by atoms with Crippen LogP contribution >= 0.6 is 11.3 Å². The van der Waals surface area contributed by atoms with Gasteiger partial charge in [0.25, 0.3) is 5.91 Å². The van der Waals surface area contributed by atoms with E-state index in [9.17, 15) is 4.79 Å². The molecule has 1 amide bonds. The number of nitrogens with one attached hydrogen (secondary N) is 1. The molecule has 0 aliphatic heterocycles. The van der Waals surface area contributed by atoms with E-state index in [1.54, 1.807) is 24.0 Å². The third-order valence-corrected chi connectivity index (χ3v) is 3.53. The molecule has 1 aromatic carbocycles. The van der Waals surface area contributed by atoms with Gasteiger partial charge in [-0.05, 0) is 12.1 Å². The molecular formula is C15H11N3OS. The minimum Gasteiger partial charge on any atom is -0.319 e. The van der Waals surface area contributed by atoms with Gasteiger partial charge in [-0.1, -0.05) is 30.3 Å². The lowest BCUT2D eigenvalue weighted by molar-refractivity contribution is 0.103. The zero-order valence-electron chi connectivity index (χ0n) is 10.5. The molecule has 0 saturated heterocycles. The summed E-state index contributed by atoms with van der Waals surface area (Å²) in [5.41, 5.74) is 4.05. The van der Waals surface area contributed by atoms with Crippen LogP contribution < -0.4 is 5.32 Å². The molecular weight excluding hydrogens is 270 g/mol. The van der Waals surface area contributed by atoms with Crippen molar-refractivity contribution in [3.63, 3.8) is 0 Å². The largest absolute Gasteiger partial charge is 0.319 e. The fourth-order valence-electron chi connectivity index (χ4n) is 1.84. The zero-order chi connectivity index (χ0) is 13.8. The van der Waals surface area contributed by atoms with Crippen LogP contribution in [0.2, 0.25) is 0 Å². The highest BCUT2D eigenvalue weighted by Crippen LogP contribution is 2.25. The van der Waals surface area contributed by atoms with Gasteiger partial charge in [-0.3, -0.25) is 14.8 Å². The van der Waals surface area contributed by atoms with Crippen LogP contribution in [0.25, 0.3) is 11.3 Å². The second kappa shape index (κ2) is 5.63. The van der Waals surface area contributed by atoms with Crippen LogP contribution in [0.5, 0.6) is 0 Å². The minimum absolute atomic E-state index is 0.169. The van der Waals surface area contributed by atoms with Crippen molar-refractivity contribution in [2.75, 3.05) is 5.32 Å². The van der Waals surface area contributed by atoms with E-state index in [0.29, 0.717) is 10.6 Å². The van der Waals surface area contributed by atoms with Crippen molar-refractivity contribution in [3.05, 3.63) is 65.2 Å². The molecule has 20 heavy (non-hydrogen) atoms. The Balaban J connectivity index is 1.93. The van der Waals surface area contributed by atoms with Gasteiger partial charge >= 0.3 is 0 Å². The number of aromatic nitrogens is 2. The van der Waals surface area contributed by atoms with Crippen LogP contribution in [0, 0.1) is 0 Å². The standard InChI is InChI=1S/C15H11N3OS/c19-15(13-9-16-10-20-13)18-12-7-4-8-17-14(12)11-5-2-1-3-6-11/h1-10H,(H,18,19). The molecule has 0 saturated carbocycles. The van der Waals surface area contributed by atoms with Crippen LogP contribution in [0.1, 0.15) is 9.67 Å². The van der Waals surface area contributed by atoms with Gasteiger partial charge in [-0.15, -0.1) is 11.3 Å². The summed E-state index contributed by atoms with van der Waals surface area (Å²) < 4.78 is 0. The number of benzene rings is 1. The first-order valence-electron chi connectivity index (χ1n) is 6.05. The van der Waals surface area contributed by atoms with E-state index in [1.165, 1.54) is 11.3 Å². The van der Waals surface area contributed by atoms with Gasteiger partial charge in [-0.25, -0.2) is 0 Å². The molecule has 0 aliphatic rings. The molecule has 3 aromatic rings. The quantitative estimate of drug-likeness (QED) is 0.800. The Kier molecular flexibility index (Phi) is 3.52. The smallest absolute Gasteiger partial charge is 0.267 e. The fourth-order valence-corrected chi connectivity index (χ4v) is 2.36. The number of thiazole rings is 1. The van der Waals surface area contributed by atoms with Gasteiger partial charge in [-0.2, -0.15) is 0 Å². The van der Waals surface area contributed by atoms with Crippen molar-refractivity contribution >= 4 is 22.9 Å². The van der Waals surface area contributed by atoms with Crippen molar-refractivity contribution in [1.82, 2.24) is 9.97 Å². The number of carbonyl (C=O) groups excluding carboxylic acids is 1. The summed E-state index contributed by atoms with van der Waals surface area (Å²) in [5.74, 6) is -0.169. The van der Waals surface area contributed by atoms with E-state index < -0.39 is 0 Å². The Bertz CT molecular complexity index is 711. The molecule has 0 atom stereocenters. The van der Waals surface area contributed by atoms with E-state index in [0.717, 1.165) is 11.3 Å². The first kappa shape index (κ1) is 12.5. The lowest BCUT2D eigenvalue weighted by atomic mass is 10.1. The van der Waals surface area contributed by atoms with Crippen molar-refractivity contribution < 1.29 is 4.79 Å². The van der Waals surface area contributed by atoms with Crippen LogP contribution in [-0.4, -0.2) is 15.9 Å². The minimum atomic E-state index is -0.169. The van der Waals surface area contributed by atoms with Gasteiger partial charge < -0.3 is 5.32 Å². The highest BCUT2D eigenvalue weighted by molar-refractivity contribution is 7.11. The van der Waals surface area contributed by atoms with Crippen LogP contribution in [0.4, 0.5) is 5.69 Å². The van der Waals surface area contributed by atoms with E-state index in [4.69, 9.17) is 0 Å². The van der Waals surface area contributed by atoms with Gasteiger partial charge in [0.05, 0.1) is 23.1 Å². The molecule has 5 heteroatoms. The highest BCUT2D eigenvalue weighted by Gasteiger charge is 2.11. The number of rotatable bonds is 3. The number of nitrogens with zero attached hydrogens (tertiary/aromatic N) is 2. The summed E-state index contributed by atoms with van der Waals surface area (Å²) in [5, 5.41) is 2.88. The van der Waals surface area contributed by atoms with Gasteiger partial charge in [0.1, 0.15) is 4.88 Å². The average molecular weight is 281 g/mol. The first-order valence-corrected chi connectivity index (χ1v) is 6.93. The number of carbonyl (C=O) groups is 1. The second-order valence-electron chi connectivity index (χ2n) is 4.09. The van der Waals surface area contributed by atoms with Crippen LogP contribution in [-0.2, 0) is 0 Å². The summed E-state index contributed by atoms with van der Waals surface area (Å²) in [7, 11) is 0. The molecule has 4 nitrogen and oxygen atoms in total. The SMILES string of the molecule is O=C(Nc1cccnc1-c1ccccc1)c1cncs1. The summed E-state index contributed by atoms with van der Waals surface area (Å²) >= 11 is 1.31. The van der Waals surface area contributed by atoms with Gasteiger partial charge in [0, 0.05) is 11.8 Å². The number of pyridine rings is 1. The summed E-state index contributed by atoms with van der Waals surface area (Å²) in [6, 6.07) is 13.4. The van der Waals surface area contributed by atoms with E-state index in [1.807, 2.05) is 36.4 Å². The molecule has 2 aromatic heterocycles. The van der Waals surface area contributed by atoms with Crippen LogP contribution in [0.3, 0.4) is 0 Å². The zero-order valence-corrected chi connectivity index (χ0v) is 11.3. The number of hydrogen-bond donors (Lipinski definition) is 1.